The first-order valence-corrected chi connectivity index (χ1v) is 8.72. The van der Waals surface area contributed by atoms with E-state index in [2.05, 4.69) is 14.9 Å². The molecule has 1 amide bonds. The van der Waals surface area contributed by atoms with Crippen LogP contribution in [-0.4, -0.2) is 51.9 Å². The highest BCUT2D eigenvalue weighted by molar-refractivity contribution is 5.91. The quantitative estimate of drug-likeness (QED) is 0.678. The Morgan fingerprint density at radius 3 is 2.62 bits per heavy atom. The topological polar surface area (TPSA) is 62.5 Å². The molecule has 0 N–H and O–H groups in total. The normalized spacial score (nSPS) is 15.8. The number of hydrogen-bond acceptors (Lipinski definition) is 5. The highest BCUT2D eigenvalue weighted by Gasteiger charge is 2.19. The number of fused-ring (bicyclic) bond motifs is 1. The van der Waals surface area contributed by atoms with E-state index < -0.39 is 0 Å². The van der Waals surface area contributed by atoms with Gasteiger partial charge in [-0.25, -0.2) is 4.98 Å². The fraction of sp³-hybridized carbons (Fsp3) is 0.250. The summed E-state index contributed by atoms with van der Waals surface area (Å²) >= 11 is 0. The molecular formula is C20H20N4O2. The maximum Gasteiger partial charge on any atom is 0.246 e. The second kappa shape index (κ2) is 7.49. The van der Waals surface area contributed by atoms with Crippen LogP contribution in [-0.2, 0) is 11.3 Å². The van der Waals surface area contributed by atoms with Crippen LogP contribution in [0.15, 0.2) is 59.3 Å². The summed E-state index contributed by atoms with van der Waals surface area (Å²) in [6.45, 7) is 4.07. The number of hydrogen-bond donors (Lipinski definition) is 0. The Bertz CT molecular complexity index is 879. The third-order valence-electron chi connectivity index (χ3n) is 4.52. The lowest BCUT2D eigenvalue weighted by molar-refractivity contribution is -0.127. The number of oxazole rings is 1. The minimum absolute atomic E-state index is 0.00387. The van der Waals surface area contributed by atoms with Crippen LogP contribution in [0.1, 0.15) is 11.5 Å². The molecule has 1 aromatic carbocycles. The van der Waals surface area contributed by atoms with Crippen molar-refractivity contribution in [1.29, 1.82) is 0 Å². The van der Waals surface area contributed by atoms with Gasteiger partial charge in [-0.1, -0.05) is 12.1 Å². The molecule has 0 atom stereocenters. The van der Waals surface area contributed by atoms with Crippen LogP contribution in [0.25, 0.3) is 17.2 Å². The minimum Gasteiger partial charge on any atom is -0.437 e. The van der Waals surface area contributed by atoms with Crippen LogP contribution >= 0.6 is 0 Å². The molecule has 0 spiro atoms. The van der Waals surface area contributed by atoms with Crippen molar-refractivity contribution in [2.75, 3.05) is 26.2 Å². The molecule has 26 heavy (non-hydrogen) atoms. The van der Waals surface area contributed by atoms with Gasteiger partial charge >= 0.3 is 0 Å². The number of carbonyl (C=O) groups excluding carboxylic acids is 1. The largest absolute Gasteiger partial charge is 0.437 e. The fourth-order valence-corrected chi connectivity index (χ4v) is 3.08. The van der Waals surface area contributed by atoms with Crippen LogP contribution in [0.4, 0.5) is 0 Å². The molecule has 6 heteroatoms. The molecule has 6 nitrogen and oxygen atoms in total. The molecule has 3 aromatic rings. The number of aromatic nitrogens is 2. The first-order chi connectivity index (χ1) is 12.8. The lowest BCUT2D eigenvalue weighted by Crippen LogP contribution is -2.47. The van der Waals surface area contributed by atoms with Gasteiger partial charge < -0.3 is 9.32 Å². The zero-order chi connectivity index (χ0) is 17.8. The van der Waals surface area contributed by atoms with Crippen LogP contribution in [0, 0.1) is 0 Å². The van der Waals surface area contributed by atoms with Gasteiger partial charge in [0.2, 0.25) is 11.8 Å². The van der Waals surface area contributed by atoms with Gasteiger partial charge in [-0.15, -0.1) is 0 Å². The van der Waals surface area contributed by atoms with E-state index in [4.69, 9.17) is 4.42 Å². The minimum atomic E-state index is -0.00387. The van der Waals surface area contributed by atoms with Crippen molar-refractivity contribution >= 4 is 23.1 Å². The van der Waals surface area contributed by atoms with Gasteiger partial charge in [0.25, 0.3) is 0 Å². The van der Waals surface area contributed by atoms with E-state index in [-0.39, 0.29) is 5.91 Å². The summed E-state index contributed by atoms with van der Waals surface area (Å²) in [5.74, 6) is 0.451. The Hall–Kier alpha value is -2.99. The molecule has 0 saturated carbocycles. The van der Waals surface area contributed by atoms with Gasteiger partial charge in [0.05, 0.1) is 0 Å². The van der Waals surface area contributed by atoms with Gasteiger partial charge in [-0.2, -0.15) is 0 Å². The third kappa shape index (κ3) is 3.81. The summed E-state index contributed by atoms with van der Waals surface area (Å²) in [5, 5.41) is 0. The Morgan fingerprint density at radius 2 is 1.85 bits per heavy atom. The summed E-state index contributed by atoms with van der Waals surface area (Å²) in [4.78, 5) is 25.0. The van der Waals surface area contributed by atoms with E-state index in [0.717, 1.165) is 43.8 Å². The Balaban J connectivity index is 1.32. The van der Waals surface area contributed by atoms with Crippen LogP contribution in [0.5, 0.6) is 0 Å². The lowest BCUT2D eigenvalue weighted by atomic mass is 10.2. The van der Waals surface area contributed by atoms with E-state index in [1.807, 2.05) is 53.7 Å². The number of para-hydroxylation sites is 2. The van der Waals surface area contributed by atoms with Gasteiger partial charge in [-0.3, -0.25) is 14.7 Å². The van der Waals surface area contributed by atoms with Gasteiger partial charge in [0.15, 0.2) is 5.58 Å². The van der Waals surface area contributed by atoms with E-state index in [9.17, 15) is 4.79 Å². The molecule has 1 aliphatic heterocycles. The first kappa shape index (κ1) is 16.5. The predicted molar refractivity (Wildman–Crippen MR) is 99.1 cm³/mol. The van der Waals surface area contributed by atoms with E-state index in [0.29, 0.717) is 5.89 Å². The second-order valence-corrected chi connectivity index (χ2v) is 6.31. The van der Waals surface area contributed by atoms with Crippen molar-refractivity contribution in [3.8, 4) is 0 Å². The molecular weight excluding hydrogens is 328 g/mol. The number of pyridine rings is 1. The zero-order valence-electron chi connectivity index (χ0n) is 14.4. The van der Waals surface area contributed by atoms with Crippen molar-refractivity contribution < 1.29 is 9.21 Å². The highest BCUT2D eigenvalue weighted by atomic mass is 16.3. The molecule has 0 unspecified atom stereocenters. The fourth-order valence-electron chi connectivity index (χ4n) is 3.08. The smallest absolute Gasteiger partial charge is 0.246 e. The molecule has 0 radical (unpaired) electrons. The molecule has 0 aliphatic carbocycles. The second-order valence-electron chi connectivity index (χ2n) is 6.31. The van der Waals surface area contributed by atoms with E-state index in [1.165, 1.54) is 5.56 Å². The molecule has 0 bridgehead atoms. The Kier molecular flexibility index (Phi) is 4.75. The molecule has 3 heterocycles. The number of carbonyl (C=O) groups is 1. The van der Waals surface area contributed by atoms with Crippen molar-refractivity contribution in [1.82, 2.24) is 19.8 Å². The maximum atomic E-state index is 12.4. The summed E-state index contributed by atoms with van der Waals surface area (Å²) in [7, 11) is 0. The van der Waals surface area contributed by atoms with Crippen LogP contribution in [0.2, 0.25) is 0 Å². The number of rotatable bonds is 4. The first-order valence-electron chi connectivity index (χ1n) is 8.72. The SMILES string of the molecule is O=C(/C=C/c1nc2ccccc2o1)N1CCN(Cc2ccncc2)CC1. The van der Waals surface area contributed by atoms with Gasteiger partial charge in [0.1, 0.15) is 5.52 Å². The number of piperazine rings is 1. The summed E-state index contributed by atoms with van der Waals surface area (Å²) in [6, 6.07) is 11.6. The molecule has 2 aromatic heterocycles. The molecule has 1 saturated heterocycles. The zero-order valence-corrected chi connectivity index (χ0v) is 14.4. The summed E-state index contributed by atoms with van der Waals surface area (Å²) < 4.78 is 5.61. The lowest BCUT2D eigenvalue weighted by Gasteiger charge is -2.34. The molecule has 1 fully saturated rings. The third-order valence-corrected chi connectivity index (χ3v) is 4.52. The average molecular weight is 348 g/mol. The van der Waals surface area contributed by atoms with Crippen LogP contribution < -0.4 is 0 Å². The van der Waals surface area contributed by atoms with Gasteiger partial charge in [-0.05, 0) is 29.8 Å². The summed E-state index contributed by atoms with van der Waals surface area (Å²) in [6.07, 6.45) is 6.81. The molecule has 4 rings (SSSR count). The molecule has 1 aliphatic rings. The Labute approximate surface area is 151 Å². The number of nitrogens with zero attached hydrogens (tertiary/aromatic N) is 4. The Morgan fingerprint density at radius 1 is 1.08 bits per heavy atom. The van der Waals surface area contributed by atoms with E-state index >= 15 is 0 Å². The highest BCUT2D eigenvalue weighted by Crippen LogP contribution is 2.16. The van der Waals surface area contributed by atoms with Crippen LogP contribution in [0.3, 0.4) is 0 Å². The maximum absolute atomic E-state index is 12.4. The van der Waals surface area contributed by atoms with Gasteiger partial charge in [0, 0.05) is 57.3 Å². The summed E-state index contributed by atoms with van der Waals surface area (Å²) in [5.41, 5.74) is 2.77. The standard InChI is InChI=1S/C20H20N4O2/c25-20(6-5-19-22-17-3-1-2-4-18(17)26-19)24-13-11-23(12-14-24)15-16-7-9-21-10-8-16/h1-10H,11-15H2/b6-5+. The number of benzene rings is 1. The van der Waals surface area contributed by atoms with Crippen molar-refractivity contribution in [2.24, 2.45) is 0 Å². The van der Waals surface area contributed by atoms with E-state index in [1.54, 1.807) is 12.2 Å². The monoisotopic (exact) mass is 348 g/mol. The van der Waals surface area contributed by atoms with Crippen molar-refractivity contribution in [3.63, 3.8) is 0 Å². The van der Waals surface area contributed by atoms with Crippen molar-refractivity contribution in [3.05, 3.63) is 66.3 Å². The predicted octanol–water partition coefficient (Wildman–Crippen LogP) is 2.58. The average Bonchev–Trinajstić information content (AvgIpc) is 3.10. The molecule has 132 valence electrons. The number of amides is 1. The van der Waals surface area contributed by atoms with Crippen molar-refractivity contribution in [2.45, 2.75) is 6.54 Å².